The van der Waals surface area contributed by atoms with Crippen LogP contribution in [0.15, 0.2) is 47.4 Å². The highest BCUT2D eigenvalue weighted by Crippen LogP contribution is 2.28. The first-order chi connectivity index (χ1) is 11.8. The van der Waals surface area contributed by atoms with E-state index in [1.165, 1.54) is 6.07 Å². The van der Waals surface area contributed by atoms with E-state index in [4.69, 9.17) is 0 Å². The zero-order chi connectivity index (χ0) is 18.0. The van der Waals surface area contributed by atoms with Crippen molar-refractivity contribution in [2.75, 3.05) is 29.3 Å². The first-order valence-corrected chi connectivity index (χ1v) is 8.93. The van der Waals surface area contributed by atoms with E-state index in [0.717, 1.165) is 12.1 Å². The topological polar surface area (TPSA) is 78.5 Å². The molecule has 25 heavy (non-hydrogen) atoms. The average Bonchev–Trinajstić information content (AvgIpc) is 2.54. The van der Waals surface area contributed by atoms with Crippen molar-refractivity contribution in [2.45, 2.75) is 4.90 Å². The number of carbonyl (C=O) groups is 1. The minimum atomic E-state index is -4.19. The predicted octanol–water partition coefficient (Wildman–Crippen LogP) is 1.70. The van der Waals surface area contributed by atoms with Crippen molar-refractivity contribution in [1.82, 2.24) is 5.32 Å². The molecule has 1 heterocycles. The summed E-state index contributed by atoms with van der Waals surface area (Å²) in [5, 5.41) is 2.69. The molecule has 1 fully saturated rings. The first kappa shape index (κ1) is 17.2. The van der Waals surface area contributed by atoms with E-state index in [2.05, 4.69) is 10.0 Å². The molecule has 2 aromatic carbocycles. The molecule has 0 radical (unpaired) electrons. The summed E-state index contributed by atoms with van der Waals surface area (Å²) in [6.45, 7) is 1.04. The summed E-state index contributed by atoms with van der Waals surface area (Å²) in [6, 6.07) is 8.60. The molecule has 6 nitrogen and oxygen atoms in total. The van der Waals surface area contributed by atoms with Gasteiger partial charge in [-0.1, -0.05) is 12.1 Å². The van der Waals surface area contributed by atoms with E-state index in [9.17, 15) is 22.0 Å². The average molecular weight is 367 g/mol. The number of hydrogen-bond donors (Lipinski definition) is 2. The van der Waals surface area contributed by atoms with E-state index in [1.54, 1.807) is 23.1 Å². The van der Waals surface area contributed by atoms with Gasteiger partial charge in [0.1, 0.15) is 11.6 Å². The Bertz CT molecular complexity index is 898. The summed E-state index contributed by atoms with van der Waals surface area (Å²) in [7, 11) is -4.19. The monoisotopic (exact) mass is 367 g/mol. The van der Waals surface area contributed by atoms with Gasteiger partial charge in [0.25, 0.3) is 10.0 Å². The van der Waals surface area contributed by atoms with Crippen molar-refractivity contribution in [1.29, 1.82) is 0 Å². The van der Waals surface area contributed by atoms with Crippen LogP contribution in [-0.4, -0.2) is 34.0 Å². The molecule has 1 aliphatic rings. The third-order valence-corrected chi connectivity index (χ3v) is 5.02. The van der Waals surface area contributed by atoms with Gasteiger partial charge < -0.3 is 10.2 Å². The van der Waals surface area contributed by atoms with E-state index in [1.807, 2.05) is 0 Å². The molecule has 0 saturated carbocycles. The van der Waals surface area contributed by atoms with Gasteiger partial charge in [-0.15, -0.1) is 0 Å². The molecule has 0 spiro atoms. The SMILES string of the molecule is O=C1CN(c2ccccc2NS(=O)(=O)c2cc(F)cc(F)c2)CCN1. The maximum absolute atomic E-state index is 13.3. The minimum Gasteiger partial charge on any atom is -0.359 e. The fraction of sp³-hybridized carbons (Fsp3) is 0.188. The molecular formula is C16H15F2N3O3S. The van der Waals surface area contributed by atoms with Crippen LogP contribution < -0.4 is 14.9 Å². The van der Waals surface area contributed by atoms with Crippen LogP contribution in [0.4, 0.5) is 20.2 Å². The fourth-order valence-corrected chi connectivity index (χ4v) is 3.68. The highest BCUT2D eigenvalue weighted by atomic mass is 32.2. The summed E-state index contributed by atoms with van der Waals surface area (Å²) >= 11 is 0. The van der Waals surface area contributed by atoms with Gasteiger partial charge >= 0.3 is 0 Å². The summed E-state index contributed by atoms with van der Waals surface area (Å²) in [4.78, 5) is 12.8. The van der Waals surface area contributed by atoms with Crippen LogP contribution in [-0.2, 0) is 14.8 Å². The number of rotatable bonds is 4. The summed E-state index contributed by atoms with van der Waals surface area (Å²) in [5.41, 5.74) is 0.736. The lowest BCUT2D eigenvalue weighted by Gasteiger charge is -2.30. The van der Waals surface area contributed by atoms with Crippen molar-refractivity contribution in [3.8, 4) is 0 Å². The van der Waals surface area contributed by atoms with Gasteiger partial charge in [-0.3, -0.25) is 9.52 Å². The standard InChI is InChI=1S/C16H15F2N3O3S/c17-11-7-12(18)9-13(8-11)25(23,24)20-14-3-1-2-4-15(14)21-6-5-19-16(22)10-21/h1-4,7-9,20H,5-6,10H2,(H,19,22). The third-order valence-electron chi connectivity index (χ3n) is 3.67. The van der Waals surface area contributed by atoms with Gasteiger partial charge in [-0.2, -0.15) is 0 Å². The van der Waals surface area contributed by atoms with E-state index in [-0.39, 0.29) is 18.1 Å². The predicted molar refractivity (Wildman–Crippen MR) is 88.8 cm³/mol. The van der Waals surface area contributed by atoms with E-state index in [0.29, 0.717) is 24.8 Å². The Morgan fingerprint density at radius 1 is 1.08 bits per heavy atom. The fourth-order valence-electron chi connectivity index (χ4n) is 2.57. The molecular weight excluding hydrogens is 352 g/mol. The number of piperazine rings is 1. The minimum absolute atomic E-state index is 0.0906. The molecule has 0 aromatic heterocycles. The van der Waals surface area contributed by atoms with Crippen LogP contribution in [0.1, 0.15) is 0 Å². The van der Waals surface area contributed by atoms with Crippen LogP contribution in [0.25, 0.3) is 0 Å². The number of anilines is 2. The molecule has 1 amide bonds. The lowest BCUT2D eigenvalue weighted by Crippen LogP contribution is -2.47. The number of nitrogens with zero attached hydrogens (tertiary/aromatic N) is 1. The number of nitrogens with one attached hydrogen (secondary N) is 2. The number of para-hydroxylation sites is 2. The van der Waals surface area contributed by atoms with Gasteiger partial charge in [0.05, 0.1) is 22.8 Å². The normalized spacial score (nSPS) is 15.0. The number of halogens is 2. The number of sulfonamides is 1. The highest BCUT2D eigenvalue weighted by Gasteiger charge is 2.22. The maximum atomic E-state index is 13.3. The molecule has 3 rings (SSSR count). The van der Waals surface area contributed by atoms with Gasteiger partial charge in [0.2, 0.25) is 5.91 Å². The molecule has 0 atom stereocenters. The third kappa shape index (κ3) is 3.87. The zero-order valence-corrected chi connectivity index (χ0v) is 13.8. The van der Waals surface area contributed by atoms with Crippen LogP contribution >= 0.6 is 0 Å². The second-order valence-corrected chi connectivity index (χ2v) is 7.18. The molecule has 2 aromatic rings. The Morgan fingerprint density at radius 2 is 1.76 bits per heavy atom. The Labute approximate surface area is 143 Å². The van der Waals surface area contributed by atoms with Crippen molar-refractivity contribution in [2.24, 2.45) is 0 Å². The second kappa shape index (κ2) is 6.67. The molecule has 2 N–H and O–H groups in total. The lowest BCUT2D eigenvalue weighted by molar-refractivity contribution is -0.120. The molecule has 9 heteroatoms. The van der Waals surface area contributed by atoms with E-state index >= 15 is 0 Å². The Kier molecular flexibility index (Phi) is 4.58. The Balaban J connectivity index is 1.93. The lowest BCUT2D eigenvalue weighted by atomic mass is 10.2. The number of hydrogen-bond acceptors (Lipinski definition) is 4. The number of amides is 1. The van der Waals surface area contributed by atoms with Crippen molar-refractivity contribution in [3.63, 3.8) is 0 Å². The van der Waals surface area contributed by atoms with Gasteiger partial charge in [-0.05, 0) is 24.3 Å². The van der Waals surface area contributed by atoms with Gasteiger partial charge in [0.15, 0.2) is 0 Å². The summed E-state index contributed by atoms with van der Waals surface area (Å²) in [5.74, 6) is -2.14. The Morgan fingerprint density at radius 3 is 2.44 bits per heavy atom. The second-order valence-electron chi connectivity index (χ2n) is 5.50. The molecule has 132 valence electrons. The quantitative estimate of drug-likeness (QED) is 0.862. The number of carbonyl (C=O) groups excluding carboxylic acids is 1. The highest BCUT2D eigenvalue weighted by molar-refractivity contribution is 7.92. The van der Waals surface area contributed by atoms with Crippen molar-refractivity contribution >= 4 is 27.3 Å². The van der Waals surface area contributed by atoms with Gasteiger partial charge in [-0.25, -0.2) is 17.2 Å². The smallest absolute Gasteiger partial charge is 0.262 e. The van der Waals surface area contributed by atoms with Crippen LogP contribution in [0, 0.1) is 11.6 Å². The first-order valence-electron chi connectivity index (χ1n) is 7.45. The van der Waals surface area contributed by atoms with Gasteiger partial charge in [0, 0.05) is 19.2 Å². The van der Waals surface area contributed by atoms with Crippen LogP contribution in [0.3, 0.4) is 0 Å². The Hall–Kier alpha value is -2.68. The molecule has 0 aliphatic carbocycles. The summed E-state index contributed by atoms with van der Waals surface area (Å²) in [6.07, 6.45) is 0. The van der Waals surface area contributed by atoms with Crippen LogP contribution in [0.5, 0.6) is 0 Å². The molecule has 1 aliphatic heterocycles. The molecule has 0 unspecified atom stereocenters. The molecule has 0 bridgehead atoms. The largest absolute Gasteiger partial charge is 0.359 e. The number of benzene rings is 2. The molecule has 1 saturated heterocycles. The van der Waals surface area contributed by atoms with Crippen molar-refractivity contribution < 1.29 is 22.0 Å². The zero-order valence-electron chi connectivity index (χ0n) is 13.0. The van der Waals surface area contributed by atoms with Crippen molar-refractivity contribution in [3.05, 3.63) is 54.1 Å². The van der Waals surface area contributed by atoms with E-state index < -0.39 is 26.6 Å². The van der Waals surface area contributed by atoms with Crippen LogP contribution in [0.2, 0.25) is 0 Å². The summed E-state index contributed by atoms with van der Waals surface area (Å²) < 4.78 is 53.9. The maximum Gasteiger partial charge on any atom is 0.262 e.